The minimum absolute atomic E-state index is 0.157. The topological polar surface area (TPSA) is 117 Å². The molecule has 10 heteroatoms. The molecule has 272 valence electrons. The molecule has 0 aliphatic heterocycles. The molecule has 0 aromatic heterocycles. The molecular formula is C42H46N2O6S2. The highest BCUT2D eigenvalue weighted by Crippen LogP contribution is 2.55. The number of hydrogen-bond acceptors (Lipinski definition) is 9. The van der Waals surface area contributed by atoms with Crippen LogP contribution in [-0.2, 0) is 23.8 Å². The fourth-order valence-corrected chi connectivity index (χ4v) is 9.21. The Hall–Kier alpha value is -4.25. The molecule has 52 heavy (non-hydrogen) atoms. The van der Waals surface area contributed by atoms with Crippen molar-refractivity contribution in [3.63, 3.8) is 0 Å². The van der Waals surface area contributed by atoms with Gasteiger partial charge in [-0.15, -0.1) is 0 Å². The van der Waals surface area contributed by atoms with Crippen molar-refractivity contribution >= 4 is 39.6 Å². The fourth-order valence-electron chi connectivity index (χ4n) is 6.95. The van der Waals surface area contributed by atoms with Crippen LogP contribution < -0.4 is 11.1 Å². The maximum atomic E-state index is 14.2. The summed E-state index contributed by atoms with van der Waals surface area (Å²) in [4.78, 5) is 40.2. The van der Waals surface area contributed by atoms with Gasteiger partial charge in [0.2, 0.25) is 0 Å². The normalized spacial score (nSPS) is 14.8. The number of carbonyl (C=O) groups excluding carboxylic acids is 3. The monoisotopic (exact) mass is 738 g/mol. The van der Waals surface area contributed by atoms with Gasteiger partial charge >= 0.3 is 18.0 Å². The van der Waals surface area contributed by atoms with E-state index in [1.807, 2.05) is 48.5 Å². The second-order valence-corrected chi connectivity index (χ2v) is 17.7. The summed E-state index contributed by atoms with van der Waals surface area (Å²) < 4.78 is 17.8. The summed E-state index contributed by atoms with van der Waals surface area (Å²) in [6.45, 7) is 10.7. The Labute approximate surface area is 314 Å². The standard InChI is InChI=1S/C42H46N2O6S2/c1-41(2,3)49-38(45)33(43)23-51-52-24-34(39(46)50-42(4,5)6)44-40(47)48-37(35-29-19-11-7-15-25(29)26-16-8-12-20-30(26)35)36-31-21-13-9-17-27(31)28-18-10-14-22-32(28)36/h7-22,33-37H,23-24,43H2,1-6H3,(H,44,47)/t33-,34-/m0/s1. The summed E-state index contributed by atoms with van der Waals surface area (Å²) in [5.41, 5.74) is 13.4. The SMILES string of the molecule is CC(C)(C)OC(=O)[C@H](CSSC[C@H](N)C(=O)OC(C)(C)C)NC(=O)OC(C1c2ccccc2-c2ccccc21)C1c2ccccc2-c2ccccc21. The number of benzene rings is 4. The fraction of sp³-hybridized carbons (Fsp3) is 0.357. The van der Waals surface area contributed by atoms with Crippen LogP contribution in [0.4, 0.5) is 4.79 Å². The number of carbonyl (C=O) groups is 3. The first-order valence-electron chi connectivity index (χ1n) is 17.5. The minimum atomic E-state index is -1.03. The lowest BCUT2D eigenvalue weighted by molar-refractivity contribution is -0.157. The lowest BCUT2D eigenvalue weighted by Crippen LogP contribution is -2.47. The number of hydrogen-bond donors (Lipinski definition) is 2. The van der Waals surface area contributed by atoms with Gasteiger partial charge < -0.3 is 25.3 Å². The number of rotatable bonds is 11. The van der Waals surface area contributed by atoms with Crippen molar-refractivity contribution in [2.75, 3.05) is 11.5 Å². The van der Waals surface area contributed by atoms with E-state index in [9.17, 15) is 14.4 Å². The number of esters is 2. The predicted octanol–water partition coefficient (Wildman–Crippen LogP) is 8.47. The first-order chi connectivity index (χ1) is 24.7. The zero-order valence-electron chi connectivity index (χ0n) is 30.4. The number of alkyl carbamates (subject to hydrolysis) is 1. The lowest BCUT2D eigenvalue weighted by Gasteiger charge is -2.32. The Balaban J connectivity index is 1.29. The molecule has 3 N–H and O–H groups in total. The van der Waals surface area contributed by atoms with Gasteiger partial charge in [-0.2, -0.15) is 0 Å². The van der Waals surface area contributed by atoms with E-state index in [2.05, 4.69) is 53.8 Å². The average molecular weight is 739 g/mol. The third-order valence-electron chi connectivity index (χ3n) is 8.92. The number of nitrogens with two attached hydrogens (primary N) is 1. The van der Waals surface area contributed by atoms with Crippen LogP contribution in [0.25, 0.3) is 22.3 Å². The van der Waals surface area contributed by atoms with Crippen LogP contribution >= 0.6 is 21.6 Å². The maximum Gasteiger partial charge on any atom is 0.408 e. The Morgan fingerprint density at radius 2 is 0.981 bits per heavy atom. The van der Waals surface area contributed by atoms with E-state index >= 15 is 0 Å². The molecule has 2 aliphatic carbocycles. The molecule has 1 amide bonds. The zero-order chi connectivity index (χ0) is 37.2. The summed E-state index contributed by atoms with van der Waals surface area (Å²) in [5.74, 6) is -1.22. The number of amides is 1. The minimum Gasteiger partial charge on any atom is -0.459 e. The van der Waals surface area contributed by atoms with E-state index in [-0.39, 0.29) is 23.3 Å². The molecule has 2 atom stereocenters. The third-order valence-corrected chi connectivity index (χ3v) is 11.4. The smallest absolute Gasteiger partial charge is 0.408 e. The van der Waals surface area contributed by atoms with Crippen LogP contribution in [-0.4, -0.2) is 58.9 Å². The van der Waals surface area contributed by atoms with E-state index in [1.165, 1.54) is 21.6 Å². The summed E-state index contributed by atoms with van der Waals surface area (Å²) in [6.07, 6.45) is -1.39. The van der Waals surface area contributed by atoms with Crippen LogP contribution in [0.5, 0.6) is 0 Å². The van der Waals surface area contributed by atoms with E-state index in [0.29, 0.717) is 0 Å². The molecule has 0 saturated carbocycles. The highest BCUT2D eigenvalue weighted by Gasteiger charge is 2.45. The molecule has 0 saturated heterocycles. The molecule has 8 nitrogen and oxygen atoms in total. The van der Waals surface area contributed by atoms with Crippen LogP contribution in [0.3, 0.4) is 0 Å². The van der Waals surface area contributed by atoms with Crippen molar-refractivity contribution in [3.05, 3.63) is 119 Å². The number of fused-ring (bicyclic) bond motifs is 6. The van der Waals surface area contributed by atoms with Crippen molar-refractivity contribution in [3.8, 4) is 22.3 Å². The lowest BCUT2D eigenvalue weighted by atomic mass is 9.79. The Kier molecular flexibility index (Phi) is 11.1. The molecule has 0 heterocycles. The van der Waals surface area contributed by atoms with Gasteiger partial charge in [0.05, 0.1) is 0 Å². The van der Waals surface area contributed by atoms with E-state index in [1.54, 1.807) is 41.5 Å². The Morgan fingerprint density at radius 3 is 1.38 bits per heavy atom. The van der Waals surface area contributed by atoms with E-state index < -0.39 is 47.4 Å². The summed E-state index contributed by atoms with van der Waals surface area (Å²) in [5, 5.41) is 2.86. The number of nitrogens with one attached hydrogen (secondary N) is 1. The first kappa shape index (κ1) is 37.5. The molecule has 0 radical (unpaired) electrons. The van der Waals surface area contributed by atoms with Crippen molar-refractivity contribution in [2.24, 2.45) is 5.73 Å². The molecule has 0 bridgehead atoms. The van der Waals surface area contributed by atoms with Gasteiger partial charge in [-0.3, -0.25) is 4.79 Å². The Bertz CT molecular complexity index is 1770. The molecule has 0 spiro atoms. The molecule has 4 aromatic carbocycles. The van der Waals surface area contributed by atoms with Crippen LogP contribution in [0, 0.1) is 0 Å². The van der Waals surface area contributed by atoms with Crippen LogP contribution in [0.1, 0.15) is 75.6 Å². The predicted molar refractivity (Wildman–Crippen MR) is 209 cm³/mol. The number of ether oxygens (including phenoxy) is 3. The third kappa shape index (κ3) is 8.35. The maximum absolute atomic E-state index is 14.2. The highest BCUT2D eigenvalue weighted by molar-refractivity contribution is 8.76. The van der Waals surface area contributed by atoms with Crippen LogP contribution in [0.15, 0.2) is 97.1 Å². The molecule has 0 fully saturated rings. The van der Waals surface area contributed by atoms with Crippen molar-refractivity contribution in [2.45, 2.75) is 82.8 Å². The quantitative estimate of drug-likeness (QED) is 0.0677. The molecular weight excluding hydrogens is 693 g/mol. The second kappa shape index (κ2) is 15.4. The van der Waals surface area contributed by atoms with Gasteiger partial charge in [0.1, 0.15) is 29.4 Å². The zero-order valence-corrected chi connectivity index (χ0v) is 32.0. The Morgan fingerprint density at radius 1 is 0.615 bits per heavy atom. The van der Waals surface area contributed by atoms with E-state index in [0.717, 1.165) is 44.5 Å². The molecule has 6 rings (SSSR count). The highest BCUT2D eigenvalue weighted by atomic mass is 33.1. The van der Waals surface area contributed by atoms with Crippen molar-refractivity contribution in [1.29, 1.82) is 0 Å². The molecule has 0 unspecified atom stereocenters. The van der Waals surface area contributed by atoms with E-state index in [4.69, 9.17) is 19.9 Å². The van der Waals surface area contributed by atoms with Gasteiger partial charge in [0, 0.05) is 23.3 Å². The first-order valence-corrected chi connectivity index (χ1v) is 20.0. The van der Waals surface area contributed by atoms with Crippen LogP contribution in [0.2, 0.25) is 0 Å². The van der Waals surface area contributed by atoms with Crippen molar-refractivity contribution < 1.29 is 28.6 Å². The van der Waals surface area contributed by atoms with Gasteiger partial charge in [-0.05, 0) is 86.1 Å². The van der Waals surface area contributed by atoms with Gasteiger partial charge in [-0.25, -0.2) is 9.59 Å². The van der Waals surface area contributed by atoms with Gasteiger partial charge in [-0.1, -0.05) is 119 Å². The largest absolute Gasteiger partial charge is 0.459 e. The average Bonchev–Trinajstić information content (AvgIpc) is 3.60. The molecule has 4 aromatic rings. The summed E-state index contributed by atoms with van der Waals surface area (Å²) in [6, 6.07) is 31.2. The molecule has 2 aliphatic rings. The summed E-state index contributed by atoms with van der Waals surface area (Å²) in [7, 11) is 2.63. The van der Waals surface area contributed by atoms with Crippen molar-refractivity contribution in [1.82, 2.24) is 5.32 Å². The van der Waals surface area contributed by atoms with Gasteiger partial charge in [0.15, 0.2) is 0 Å². The second-order valence-electron chi connectivity index (χ2n) is 15.1. The summed E-state index contributed by atoms with van der Waals surface area (Å²) >= 11 is 0. The van der Waals surface area contributed by atoms with Gasteiger partial charge in [0.25, 0.3) is 0 Å².